The fourth-order valence-corrected chi connectivity index (χ4v) is 1.97. The average Bonchev–Trinajstić information content (AvgIpc) is 2.50. The van der Waals surface area contributed by atoms with Crippen LogP contribution < -0.4 is 10.1 Å². The number of ether oxygens (including phenoxy) is 1. The number of nitrogens with zero attached hydrogens (tertiary/aromatic N) is 1. The summed E-state index contributed by atoms with van der Waals surface area (Å²) in [6.45, 7) is 7.47. The van der Waals surface area contributed by atoms with E-state index in [1.165, 1.54) is 0 Å². The lowest BCUT2D eigenvalue weighted by atomic mass is 10.1. The number of aliphatic carboxylic acids is 1. The first-order valence-electron chi connectivity index (χ1n) is 7.47. The highest BCUT2D eigenvalue weighted by Crippen LogP contribution is 2.12. The SMILES string of the molecule is CCN(CC)CCNC(=O)COc1ccc(CC(=O)O)cc1. The Morgan fingerprint density at radius 1 is 1.18 bits per heavy atom. The van der Waals surface area contributed by atoms with Crippen molar-refractivity contribution in [3.8, 4) is 5.75 Å². The first-order chi connectivity index (χ1) is 10.5. The maximum absolute atomic E-state index is 11.7. The summed E-state index contributed by atoms with van der Waals surface area (Å²) in [4.78, 5) is 24.5. The second kappa shape index (κ2) is 9.78. The Balaban J connectivity index is 2.27. The molecule has 0 atom stereocenters. The molecule has 2 N–H and O–H groups in total. The third-order valence-electron chi connectivity index (χ3n) is 3.29. The molecular formula is C16H24N2O4. The van der Waals surface area contributed by atoms with Gasteiger partial charge in [-0.1, -0.05) is 26.0 Å². The molecule has 0 aliphatic rings. The van der Waals surface area contributed by atoms with Gasteiger partial charge in [-0.25, -0.2) is 0 Å². The zero-order valence-electron chi connectivity index (χ0n) is 13.2. The van der Waals surface area contributed by atoms with Gasteiger partial charge < -0.3 is 20.1 Å². The Morgan fingerprint density at radius 3 is 2.36 bits per heavy atom. The normalized spacial score (nSPS) is 10.5. The number of likely N-dealkylation sites (N-methyl/N-ethyl adjacent to an activating group) is 1. The van der Waals surface area contributed by atoms with Crippen molar-refractivity contribution >= 4 is 11.9 Å². The van der Waals surface area contributed by atoms with Crippen molar-refractivity contribution in [3.05, 3.63) is 29.8 Å². The minimum Gasteiger partial charge on any atom is -0.484 e. The molecule has 0 aromatic heterocycles. The Kier molecular flexibility index (Phi) is 7.99. The van der Waals surface area contributed by atoms with Crippen LogP contribution in [0.4, 0.5) is 0 Å². The molecule has 0 unspecified atom stereocenters. The van der Waals surface area contributed by atoms with Crippen LogP contribution in [0.5, 0.6) is 5.75 Å². The van der Waals surface area contributed by atoms with Crippen molar-refractivity contribution in [1.82, 2.24) is 10.2 Å². The highest BCUT2D eigenvalue weighted by Gasteiger charge is 2.05. The smallest absolute Gasteiger partial charge is 0.307 e. The van der Waals surface area contributed by atoms with Gasteiger partial charge in [0.2, 0.25) is 0 Å². The molecule has 1 amide bonds. The molecule has 0 heterocycles. The van der Waals surface area contributed by atoms with Gasteiger partial charge in [-0.2, -0.15) is 0 Å². The van der Waals surface area contributed by atoms with E-state index in [2.05, 4.69) is 24.1 Å². The average molecular weight is 308 g/mol. The molecule has 1 aromatic rings. The number of rotatable bonds is 10. The molecule has 0 fully saturated rings. The molecule has 1 aromatic carbocycles. The van der Waals surface area contributed by atoms with Crippen LogP contribution in [0.15, 0.2) is 24.3 Å². The predicted molar refractivity (Wildman–Crippen MR) is 84.1 cm³/mol. The summed E-state index contributed by atoms with van der Waals surface area (Å²) in [7, 11) is 0. The summed E-state index contributed by atoms with van der Waals surface area (Å²) >= 11 is 0. The maximum Gasteiger partial charge on any atom is 0.307 e. The number of carbonyl (C=O) groups excluding carboxylic acids is 1. The van der Waals surface area contributed by atoms with E-state index in [1.54, 1.807) is 24.3 Å². The van der Waals surface area contributed by atoms with Crippen molar-refractivity contribution in [2.75, 3.05) is 32.8 Å². The summed E-state index contributed by atoms with van der Waals surface area (Å²) < 4.78 is 5.36. The van der Waals surface area contributed by atoms with Gasteiger partial charge in [-0.15, -0.1) is 0 Å². The fourth-order valence-electron chi connectivity index (χ4n) is 1.97. The molecule has 22 heavy (non-hydrogen) atoms. The van der Waals surface area contributed by atoms with Crippen LogP contribution in [0.25, 0.3) is 0 Å². The molecule has 0 aliphatic heterocycles. The van der Waals surface area contributed by atoms with E-state index < -0.39 is 5.97 Å². The standard InChI is InChI=1S/C16H24N2O4/c1-3-18(4-2)10-9-17-15(19)12-22-14-7-5-13(6-8-14)11-16(20)21/h5-8H,3-4,9-12H2,1-2H3,(H,17,19)(H,20,21). The summed E-state index contributed by atoms with van der Waals surface area (Å²) in [5.41, 5.74) is 0.698. The molecule has 6 nitrogen and oxygen atoms in total. The lowest BCUT2D eigenvalue weighted by molar-refractivity contribution is -0.136. The number of nitrogens with one attached hydrogen (secondary N) is 1. The summed E-state index contributed by atoms with van der Waals surface area (Å²) in [6.07, 6.45) is -0.0217. The van der Waals surface area contributed by atoms with Crippen LogP contribution in [0.1, 0.15) is 19.4 Å². The highest BCUT2D eigenvalue weighted by atomic mass is 16.5. The third-order valence-corrected chi connectivity index (χ3v) is 3.29. The number of carbonyl (C=O) groups is 2. The third kappa shape index (κ3) is 7.08. The van der Waals surface area contributed by atoms with E-state index in [0.717, 1.165) is 19.6 Å². The molecular weight excluding hydrogens is 284 g/mol. The van der Waals surface area contributed by atoms with E-state index in [4.69, 9.17) is 9.84 Å². The van der Waals surface area contributed by atoms with Crippen LogP contribution in [-0.2, 0) is 16.0 Å². The van der Waals surface area contributed by atoms with Crippen molar-refractivity contribution in [1.29, 1.82) is 0 Å². The molecule has 0 saturated carbocycles. The zero-order chi connectivity index (χ0) is 16.4. The van der Waals surface area contributed by atoms with Crippen LogP contribution in [0, 0.1) is 0 Å². The molecule has 0 saturated heterocycles. The predicted octanol–water partition coefficient (Wildman–Crippen LogP) is 1.15. The first kappa shape index (κ1) is 18.0. The van der Waals surface area contributed by atoms with E-state index in [9.17, 15) is 9.59 Å². The summed E-state index contributed by atoms with van der Waals surface area (Å²) in [5.74, 6) is -0.490. The topological polar surface area (TPSA) is 78.9 Å². The fraction of sp³-hybridized carbons (Fsp3) is 0.500. The molecule has 6 heteroatoms. The molecule has 0 aliphatic carbocycles. The summed E-state index contributed by atoms with van der Waals surface area (Å²) in [6, 6.07) is 6.70. The van der Waals surface area contributed by atoms with Gasteiger partial charge in [-0.05, 0) is 30.8 Å². The van der Waals surface area contributed by atoms with Crippen molar-refractivity contribution < 1.29 is 19.4 Å². The molecule has 0 radical (unpaired) electrons. The maximum atomic E-state index is 11.7. The van der Waals surface area contributed by atoms with E-state index in [-0.39, 0.29) is 18.9 Å². The quantitative estimate of drug-likeness (QED) is 0.678. The number of carboxylic acid groups (broad SMARTS) is 1. The van der Waals surface area contributed by atoms with Crippen LogP contribution in [-0.4, -0.2) is 54.7 Å². The Hall–Kier alpha value is -2.08. The van der Waals surface area contributed by atoms with Crippen molar-refractivity contribution in [2.24, 2.45) is 0 Å². The highest BCUT2D eigenvalue weighted by molar-refractivity contribution is 5.77. The van der Waals surface area contributed by atoms with Gasteiger partial charge in [0, 0.05) is 13.1 Å². The summed E-state index contributed by atoms with van der Waals surface area (Å²) in [5, 5.41) is 11.5. The van der Waals surface area contributed by atoms with E-state index >= 15 is 0 Å². The molecule has 0 spiro atoms. The van der Waals surface area contributed by atoms with E-state index in [1.807, 2.05) is 0 Å². The minimum absolute atomic E-state index is 0.0217. The number of amides is 1. The minimum atomic E-state index is -0.874. The lowest BCUT2D eigenvalue weighted by Crippen LogP contribution is -2.36. The van der Waals surface area contributed by atoms with Gasteiger partial charge in [0.1, 0.15) is 5.75 Å². The zero-order valence-corrected chi connectivity index (χ0v) is 13.2. The van der Waals surface area contributed by atoms with Crippen LogP contribution >= 0.6 is 0 Å². The second-order valence-corrected chi connectivity index (χ2v) is 4.88. The second-order valence-electron chi connectivity index (χ2n) is 4.88. The van der Waals surface area contributed by atoms with Gasteiger partial charge in [-0.3, -0.25) is 9.59 Å². The first-order valence-corrected chi connectivity index (χ1v) is 7.47. The number of hydrogen-bond acceptors (Lipinski definition) is 4. The number of benzene rings is 1. The van der Waals surface area contributed by atoms with Gasteiger partial charge in [0.25, 0.3) is 5.91 Å². The van der Waals surface area contributed by atoms with Gasteiger partial charge >= 0.3 is 5.97 Å². The number of carboxylic acids is 1. The Bertz CT molecular complexity index is 470. The van der Waals surface area contributed by atoms with Gasteiger partial charge in [0.05, 0.1) is 6.42 Å². The molecule has 1 rings (SSSR count). The monoisotopic (exact) mass is 308 g/mol. The number of hydrogen-bond donors (Lipinski definition) is 2. The largest absolute Gasteiger partial charge is 0.484 e. The molecule has 122 valence electrons. The van der Waals surface area contributed by atoms with Crippen LogP contribution in [0.2, 0.25) is 0 Å². The van der Waals surface area contributed by atoms with E-state index in [0.29, 0.717) is 17.9 Å². The van der Waals surface area contributed by atoms with Crippen LogP contribution in [0.3, 0.4) is 0 Å². The molecule has 0 bridgehead atoms. The van der Waals surface area contributed by atoms with Gasteiger partial charge in [0.15, 0.2) is 6.61 Å². The van der Waals surface area contributed by atoms with Crippen molar-refractivity contribution in [3.63, 3.8) is 0 Å². The Morgan fingerprint density at radius 2 is 1.82 bits per heavy atom. The van der Waals surface area contributed by atoms with Crippen molar-refractivity contribution in [2.45, 2.75) is 20.3 Å². The Labute approximate surface area is 131 Å². The lowest BCUT2D eigenvalue weighted by Gasteiger charge is -2.17.